The van der Waals surface area contributed by atoms with Gasteiger partial charge in [0, 0.05) is 15.6 Å². The minimum absolute atomic E-state index is 0.118. The van der Waals surface area contributed by atoms with Crippen LogP contribution in [0.25, 0.3) is 0 Å². The van der Waals surface area contributed by atoms with Crippen molar-refractivity contribution >= 4 is 41.3 Å². The van der Waals surface area contributed by atoms with Gasteiger partial charge >= 0.3 is 11.9 Å². The molecule has 8 heteroatoms. The summed E-state index contributed by atoms with van der Waals surface area (Å²) in [6.07, 6.45) is 2.70. The summed E-state index contributed by atoms with van der Waals surface area (Å²) < 4.78 is 10.4. The molecule has 0 radical (unpaired) electrons. The monoisotopic (exact) mass is 402 g/mol. The highest BCUT2D eigenvalue weighted by molar-refractivity contribution is 6.31. The van der Waals surface area contributed by atoms with Gasteiger partial charge in [-0.2, -0.15) is 5.10 Å². The summed E-state index contributed by atoms with van der Waals surface area (Å²) in [4.78, 5) is 24.1. The fourth-order valence-electron chi connectivity index (χ4n) is 2.08. The Morgan fingerprint density at radius 3 is 2.48 bits per heavy atom. The summed E-state index contributed by atoms with van der Waals surface area (Å²) in [5.41, 5.74) is 3.05. The molecule has 0 aliphatic heterocycles. The van der Waals surface area contributed by atoms with Gasteiger partial charge in [-0.3, -0.25) is 4.79 Å². The molecule has 0 bridgehead atoms. The van der Waals surface area contributed by atoms with Crippen molar-refractivity contribution in [1.82, 2.24) is 5.43 Å². The number of esters is 1. The maximum absolute atomic E-state index is 12.3. The van der Waals surface area contributed by atoms with Crippen molar-refractivity contribution in [2.45, 2.75) is 0 Å². The highest BCUT2D eigenvalue weighted by atomic mass is 35.5. The molecule has 2 aromatic carbocycles. The molecule has 0 spiro atoms. The molecule has 136 valence electrons. The Balaban J connectivity index is 1.74. The lowest BCUT2D eigenvalue weighted by Crippen LogP contribution is -2.17. The summed E-state index contributed by atoms with van der Waals surface area (Å²) in [6.45, 7) is 0. The van der Waals surface area contributed by atoms with E-state index in [2.05, 4.69) is 10.5 Å². The predicted octanol–water partition coefficient (Wildman–Crippen LogP) is 4.57. The van der Waals surface area contributed by atoms with E-state index in [1.807, 2.05) is 0 Å². The molecular weight excluding hydrogens is 391 g/mol. The molecule has 27 heavy (non-hydrogen) atoms. The number of halogens is 2. The van der Waals surface area contributed by atoms with Crippen molar-refractivity contribution in [2.24, 2.45) is 5.10 Å². The standard InChI is InChI=1S/C19H12Cl2N2O4/c20-14-5-3-12(4-6-14)19(25)27-16-8-7-15(21)10-13(16)11-22-23-18(24)17-2-1-9-26-17/h1-11H,(H,23,24)/b22-11+. The van der Waals surface area contributed by atoms with Crippen molar-refractivity contribution in [3.05, 3.63) is 87.8 Å². The number of furan rings is 1. The van der Waals surface area contributed by atoms with Gasteiger partial charge in [0.25, 0.3) is 0 Å². The minimum atomic E-state index is -0.566. The van der Waals surface area contributed by atoms with Crippen LogP contribution in [0.1, 0.15) is 26.5 Å². The average Bonchev–Trinajstić information content (AvgIpc) is 3.19. The number of nitrogens with one attached hydrogen (secondary N) is 1. The van der Waals surface area contributed by atoms with Gasteiger partial charge in [-0.05, 0) is 54.6 Å². The van der Waals surface area contributed by atoms with E-state index in [0.717, 1.165) is 0 Å². The van der Waals surface area contributed by atoms with E-state index in [9.17, 15) is 9.59 Å². The molecule has 3 rings (SSSR count). The smallest absolute Gasteiger partial charge is 0.343 e. The summed E-state index contributed by atoms with van der Waals surface area (Å²) in [7, 11) is 0. The average molecular weight is 403 g/mol. The Hall–Kier alpha value is -3.09. The molecule has 3 aromatic rings. The maximum atomic E-state index is 12.3. The maximum Gasteiger partial charge on any atom is 0.343 e. The predicted molar refractivity (Wildman–Crippen MR) is 102 cm³/mol. The van der Waals surface area contributed by atoms with Gasteiger partial charge in [0.05, 0.1) is 18.0 Å². The topological polar surface area (TPSA) is 80.9 Å². The first kappa shape index (κ1) is 18.7. The van der Waals surface area contributed by atoms with E-state index in [1.165, 1.54) is 24.6 Å². The van der Waals surface area contributed by atoms with Crippen molar-refractivity contribution < 1.29 is 18.7 Å². The minimum Gasteiger partial charge on any atom is -0.459 e. The molecule has 1 aromatic heterocycles. The van der Waals surface area contributed by atoms with E-state index in [0.29, 0.717) is 21.2 Å². The van der Waals surface area contributed by atoms with Gasteiger partial charge < -0.3 is 9.15 Å². The Kier molecular flexibility index (Phi) is 5.90. The number of rotatable bonds is 5. The zero-order valence-electron chi connectivity index (χ0n) is 13.7. The number of hydrogen-bond donors (Lipinski definition) is 1. The number of ether oxygens (including phenoxy) is 1. The molecule has 0 fully saturated rings. The van der Waals surface area contributed by atoms with Crippen molar-refractivity contribution in [3.8, 4) is 5.75 Å². The van der Waals surface area contributed by atoms with Crippen LogP contribution in [0.4, 0.5) is 0 Å². The quantitative estimate of drug-likeness (QED) is 0.293. The molecule has 1 N–H and O–H groups in total. The second-order valence-corrected chi connectivity index (χ2v) is 6.13. The SMILES string of the molecule is O=C(Oc1ccc(Cl)cc1/C=N/NC(=O)c1ccco1)c1ccc(Cl)cc1. The first-order chi connectivity index (χ1) is 13.0. The lowest BCUT2D eigenvalue weighted by molar-refractivity contribution is 0.0734. The van der Waals surface area contributed by atoms with Gasteiger partial charge in [0.2, 0.25) is 0 Å². The molecule has 0 unspecified atom stereocenters. The lowest BCUT2D eigenvalue weighted by atomic mass is 10.2. The van der Waals surface area contributed by atoms with Crippen LogP contribution in [0, 0.1) is 0 Å². The molecule has 0 aliphatic rings. The molecule has 1 heterocycles. The third-order valence-electron chi connectivity index (χ3n) is 3.37. The number of carbonyl (C=O) groups excluding carboxylic acids is 2. The molecule has 0 atom stereocenters. The van der Waals surface area contributed by atoms with Crippen LogP contribution in [0.2, 0.25) is 10.0 Å². The number of hydrogen-bond acceptors (Lipinski definition) is 5. The second-order valence-electron chi connectivity index (χ2n) is 5.25. The van der Waals surface area contributed by atoms with Crippen LogP contribution in [-0.4, -0.2) is 18.1 Å². The van der Waals surface area contributed by atoms with Crippen molar-refractivity contribution in [3.63, 3.8) is 0 Å². The number of carbonyl (C=O) groups is 2. The Morgan fingerprint density at radius 1 is 1.04 bits per heavy atom. The van der Waals surface area contributed by atoms with E-state index in [1.54, 1.807) is 42.5 Å². The zero-order chi connectivity index (χ0) is 19.2. The molecular formula is C19H12Cl2N2O4. The molecule has 1 amide bonds. The number of benzene rings is 2. The third-order valence-corrected chi connectivity index (χ3v) is 3.86. The van der Waals surface area contributed by atoms with Crippen LogP contribution in [0.5, 0.6) is 5.75 Å². The van der Waals surface area contributed by atoms with Gasteiger partial charge in [-0.15, -0.1) is 0 Å². The number of nitrogens with zero attached hydrogens (tertiary/aromatic N) is 1. The Bertz CT molecular complexity index is 983. The largest absolute Gasteiger partial charge is 0.459 e. The highest BCUT2D eigenvalue weighted by Crippen LogP contribution is 2.23. The fourth-order valence-corrected chi connectivity index (χ4v) is 2.39. The van der Waals surface area contributed by atoms with Crippen LogP contribution >= 0.6 is 23.2 Å². The fraction of sp³-hybridized carbons (Fsp3) is 0. The van der Waals surface area contributed by atoms with Crippen molar-refractivity contribution in [2.75, 3.05) is 0 Å². The molecule has 6 nitrogen and oxygen atoms in total. The summed E-state index contributed by atoms with van der Waals surface area (Å²) in [5.74, 6) is -0.732. The number of hydrazone groups is 1. The van der Waals surface area contributed by atoms with Gasteiger partial charge in [0.15, 0.2) is 5.76 Å². The van der Waals surface area contributed by atoms with Crippen LogP contribution in [0.15, 0.2) is 70.4 Å². The summed E-state index contributed by atoms with van der Waals surface area (Å²) in [5, 5.41) is 4.77. The molecule has 0 aliphatic carbocycles. The molecule has 0 saturated heterocycles. The van der Waals surface area contributed by atoms with Gasteiger partial charge in [-0.1, -0.05) is 23.2 Å². The van der Waals surface area contributed by atoms with E-state index in [-0.39, 0.29) is 11.5 Å². The summed E-state index contributed by atoms with van der Waals surface area (Å²) in [6, 6.07) is 14.0. The van der Waals surface area contributed by atoms with Crippen LogP contribution < -0.4 is 10.2 Å². The zero-order valence-corrected chi connectivity index (χ0v) is 15.2. The van der Waals surface area contributed by atoms with Crippen LogP contribution in [-0.2, 0) is 0 Å². The van der Waals surface area contributed by atoms with Crippen molar-refractivity contribution in [1.29, 1.82) is 0 Å². The van der Waals surface area contributed by atoms with Crippen LogP contribution in [0.3, 0.4) is 0 Å². The summed E-state index contributed by atoms with van der Waals surface area (Å²) >= 11 is 11.8. The Morgan fingerprint density at radius 2 is 1.78 bits per heavy atom. The van der Waals surface area contributed by atoms with Gasteiger partial charge in [-0.25, -0.2) is 10.2 Å². The first-order valence-corrected chi connectivity index (χ1v) is 8.43. The number of amides is 1. The van der Waals surface area contributed by atoms with E-state index < -0.39 is 11.9 Å². The first-order valence-electron chi connectivity index (χ1n) is 7.67. The normalized spacial score (nSPS) is 10.7. The lowest BCUT2D eigenvalue weighted by Gasteiger charge is -2.08. The third kappa shape index (κ3) is 4.97. The van der Waals surface area contributed by atoms with E-state index in [4.69, 9.17) is 32.4 Å². The Labute approximate surface area is 164 Å². The highest BCUT2D eigenvalue weighted by Gasteiger charge is 2.12. The molecule has 0 saturated carbocycles. The van der Waals surface area contributed by atoms with E-state index >= 15 is 0 Å². The van der Waals surface area contributed by atoms with Gasteiger partial charge in [0.1, 0.15) is 5.75 Å². The second kappa shape index (κ2) is 8.53.